The lowest BCUT2D eigenvalue weighted by molar-refractivity contribution is 0.0938. The van der Waals surface area contributed by atoms with Crippen LogP contribution >= 0.6 is 0 Å². The Morgan fingerprint density at radius 3 is 2.48 bits per heavy atom. The molecule has 0 aliphatic rings. The summed E-state index contributed by atoms with van der Waals surface area (Å²) in [6.07, 6.45) is 1.62. The molecule has 1 amide bonds. The Hall–Kier alpha value is -2.23. The van der Waals surface area contributed by atoms with E-state index in [1.54, 1.807) is 0 Å². The van der Waals surface area contributed by atoms with Gasteiger partial charge in [-0.2, -0.15) is 0 Å². The summed E-state index contributed by atoms with van der Waals surface area (Å²) in [6, 6.07) is 13.1. The third kappa shape index (κ3) is 4.38. The molecule has 4 heteroatoms. The standard InChI is InChI=1S/C17H17F2NO/c1-12(7-8-13-5-3-2-4-6-13)20-17(21)14-9-10-15(18)16(19)11-14/h2-6,9-12H,7-8H2,1H3,(H,20,21)/t12-/m0/s1. The number of carbonyl (C=O) groups is 1. The summed E-state index contributed by atoms with van der Waals surface area (Å²) in [5.41, 5.74) is 1.33. The number of nitrogens with one attached hydrogen (secondary N) is 1. The molecule has 0 spiro atoms. The fraction of sp³-hybridized carbons (Fsp3) is 0.235. The molecule has 0 aromatic heterocycles. The number of benzene rings is 2. The van der Waals surface area contributed by atoms with Gasteiger partial charge in [-0.25, -0.2) is 8.78 Å². The third-order valence-corrected chi connectivity index (χ3v) is 3.27. The normalized spacial score (nSPS) is 12.0. The number of hydrogen-bond acceptors (Lipinski definition) is 1. The molecule has 2 rings (SSSR count). The van der Waals surface area contributed by atoms with Crippen molar-refractivity contribution in [3.8, 4) is 0 Å². The summed E-state index contributed by atoms with van der Waals surface area (Å²) in [5, 5.41) is 2.79. The van der Waals surface area contributed by atoms with Crippen molar-refractivity contribution in [2.24, 2.45) is 0 Å². The molecule has 0 fully saturated rings. The summed E-state index contributed by atoms with van der Waals surface area (Å²) >= 11 is 0. The van der Waals surface area contributed by atoms with Gasteiger partial charge in [0.25, 0.3) is 5.91 Å². The van der Waals surface area contributed by atoms with Crippen LogP contribution in [-0.4, -0.2) is 11.9 Å². The fourth-order valence-electron chi connectivity index (χ4n) is 2.04. The predicted octanol–water partition coefficient (Wildman–Crippen LogP) is 3.72. The first-order valence-electron chi connectivity index (χ1n) is 6.86. The molecule has 2 aromatic rings. The number of halogens is 2. The van der Waals surface area contributed by atoms with Gasteiger partial charge in [0, 0.05) is 11.6 Å². The molecule has 2 nitrogen and oxygen atoms in total. The van der Waals surface area contributed by atoms with Crippen LogP contribution in [-0.2, 0) is 6.42 Å². The summed E-state index contributed by atoms with van der Waals surface area (Å²) in [7, 11) is 0. The average molecular weight is 289 g/mol. The minimum absolute atomic E-state index is 0.0502. The van der Waals surface area contributed by atoms with Crippen LogP contribution in [0.15, 0.2) is 48.5 Å². The Balaban J connectivity index is 1.88. The van der Waals surface area contributed by atoms with Crippen LogP contribution in [0.1, 0.15) is 29.3 Å². The van der Waals surface area contributed by atoms with Crippen LogP contribution < -0.4 is 5.32 Å². The first-order chi connectivity index (χ1) is 10.1. The summed E-state index contributed by atoms with van der Waals surface area (Å²) in [4.78, 5) is 11.9. The molecule has 0 saturated heterocycles. The monoisotopic (exact) mass is 289 g/mol. The van der Waals surface area contributed by atoms with E-state index in [1.165, 1.54) is 11.6 Å². The van der Waals surface area contributed by atoms with E-state index in [9.17, 15) is 13.6 Å². The van der Waals surface area contributed by atoms with Gasteiger partial charge in [-0.05, 0) is 43.5 Å². The lowest BCUT2D eigenvalue weighted by Gasteiger charge is -2.14. The van der Waals surface area contributed by atoms with E-state index in [0.717, 1.165) is 25.0 Å². The van der Waals surface area contributed by atoms with Gasteiger partial charge < -0.3 is 5.32 Å². The van der Waals surface area contributed by atoms with Crippen molar-refractivity contribution < 1.29 is 13.6 Å². The number of aryl methyl sites for hydroxylation is 1. The SMILES string of the molecule is C[C@@H](CCc1ccccc1)NC(=O)c1ccc(F)c(F)c1. The maximum absolute atomic E-state index is 13.1. The molecule has 110 valence electrons. The highest BCUT2D eigenvalue weighted by atomic mass is 19.2. The summed E-state index contributed by atoms with van der Waals surface area (Å²) < 4.78 is 25.9. The third-order valence-electron chi connectivity index (χ3n) is 3.27. The van der Waals surface area contributed by atoms with Gasteiger partial charge in [0.1, 0.15) is 0 Å². The Bertz CT molecular complexity index is 613. The predicted molar refractivity (Wildman–Crippen MR) is 78.0 cm³/mol. The van der Waals surface area contributed by atoms with Crippen molar-refractivity contribution in [1.29, 1.82) is 0 Å². The van der Waals surface area contributed by atoms with Gasteiger partial charge in [0.15, 0.2) is 11.6 Å². The largest absolute Gasteiger partial charge is 0.350 e. The Kier molecular flexibility index (Phi) is 5.04. The minimum atomic E-state index is -1.01. The second kappa shape index (κ2) is 6.97. The Morgan fingerprint density at radius 1 is 1.10 bits per heavy atom. The van der Waals surface area contributed by atoms with Crippen molar-refractivity contribution in [2.75, 3.05) is 0 Å². The minimum Gasteiger partial charge on any atom is -0.350 e. The van der Waals surface area contributed by atoms with Gasteiger partial charge in [0.2, 0.25) is 0 Å². The van der Waals surface area contributed by atoms with Gasteiger partial charge in [-0.3, -0.25) is 4.79 Å². The maximum atomic E-state index is 13.1. The fourth-order valence-corrected chi connectivity index (χ4v) is 2.04. The second-order valence-electron chi connectivity index (χ2n) is 5.03. The highest BCUT2D eigenvalue weighted by Gasteiger charge is 2.12. The summed E-state index contributed by atoms with van der Waals surface area (Å²) in [5.74, 6) is -2.36. The Labute approximate surface area is 122 Å². The van der Waals surface area contributed by atoms with E-state index >= 15 is 0 Å². The van der Waals surface area contributed by atoms with E-state index < -0.39 is 17.5 Å². The van der Waals surface area contributed by atoms with E-state index in [1.807, 2.05) is 37.3 Å². The van der Waals surface area contributed by atoms with Crippen molar-refractivity contribution in [3.63, 3.8) is 0 Å². The smallest absolute Gasteiger partial charge is 0.251 e. The molecule has 0 aliphatic heterocycles. The van der Waals surface area contributed by atoms with E-state index in [4.69, 9.17) is 0 Å². The molecule has 2 aromatic carbocycles. The second-order valence-corrected chi connectivity index (χ2v) is 5.03. The zero-order valence-corrected chi connectivity index (χ0v) is 11.8. The topological polar surface area (TPSA) is 29.1 Å². The molecular weight excluding hydrogens is 272 g/mol. The maximum Gasteiger partial charge on any atom is 0.251 e. The molecule has 0 saturated carbocycles. The van der Waals surface area contributed by atoms with Crippen molar-refractivity contribution in [3.05, 3.63) is 71.3 Å². The van der Waals surface area contributed by atoms with Crippen LogP contribution in [0.2, 0.25) is 0 Å². The van der Waals surface area contributed by atoms with Crippen LogP contribution in [0.25, 0.3) is 0 Å². The van der Waals surface area contributed by atoms with Crippen LogP contribution in [0.4, 0.5) is 8.78 Å². The average Bonchev–Trinajstić information content (AvgIpc) is 2.49. The van der Waals surface area contributed by atoms with Crippen LogP contribution in [0.3, 0.4) is 0 Å². The molecule has 0 unspecified atom stereocenters. The van der Waals surface area contributed by atoms with Gasteiger partial charge >= 0.3 is 0 Å². The first-order valence-corrected chi connectivity index (χ1v) is 6.86. The van der Waals surface area contributed by atoms with Crippen LogP contribution in [0, 0.1) is 11.6 Å². The van der Waals surface area contributed by atoms with E-state index in [2.05, 4.69) is 5.32 Å². The molecule has 0 heterocycles. The van der Waals surface area contributed by atoms with Crippen molar-refractivity contribution >= 4 is 5.91 Å². The highest BCUT2D eigenvalue weighted by Crippen LogP contribution is 2.10. The highest BCUT2D eigenvalue weighted by molar-refractivity contribution is 5.94. The molecular formula is C17H17F2NO. The lowest BCUT2D eigenvalue weighted by atomic mass is 10.1. The number of hydrogen-bond donors (Lipinski definition) is 1. The molecule has 1 N–H and O–H groups in total. The van der Waals surface area contributed by atoms with Gasteiger partial charge in [-0.15, -0.1) is 0 Å². The summed E-state index contributed by atoms with van der Waals surface area (Å²) in [6.45, 7) is 1.89. The molecule has 0 aliphatic carbocycles. The first kappa shape index (κ1) is 15.2. The molecule has 0 radical (unpaired) electrons. The van der Waals surface area contributed by atoms with E-state index in [-0.39, 0.29) is 11.6 Å². The molecule has 21 heavy (non-hydrogen) atoms. The number of rotatable bonds is 5. The molecule has 0 bridgehead atoms. The van der Waals surface area contributed by atoms with E-state index in [0.29, 0.717) is 0 Å². The van der Waals surface area contributed by atoms with Gasteiger partial charge in [0.05, 0.1) is 0 Å². The van der Waals surface area contributed by atoms with Crippen molar-refractivity contribution in [1.82, 2.24) is 5.32 Å². The molecule has 1 atom stereocenters. The number of amides is 1. The lowest BCUT2D eigenvalue weighted by Crippen LogP contribution is -2.33. The van der Waals surface area contributed by atoms with Crippen LogP contribution in [0.5, 0.6) is 0 Å². The Morgan fingerprint density at radius 2 is 1.81 bits per heavy atom. The quantitative estimate of drug-likeness (QED) is 0.893. The zero-order chi connectivity index (χ0) is 15.2. The van der Waals surface area contributed by atoms with Crippen molar-refractivity contribution in [2.45, 2.75) is 25.8 Å². The van der Waals surface area contributed by atoms with Gasteiger partial charge in [-0.1, -0.05) is 30.3 Å². The number of carbonyl (C=O) groups excluding carboxylic acids is 1. The zero-order valence-electron chi connectivity index (χ0n) is 11.8.